The average Bonchev–Trinajstić information content (AvgIpc) is 3.54. The number of amides is 3. The van der Waals surface area contributed by atoms with Gasteiger partial charge in [-0.25, -0.2) is 13.2 Å². The third-order valence-corrected chi connectivity index (χ3v) is 8.05. The lowest BCUT2D eigenvalue weighted by molar-refractivity contribution is -0.140. The van der Waals surface area contributed by atoms with Crippen molar-refractivity contribution < 1.29 is 45.5 Å². The van der Waals surface area contributed by atoms with Crippen molar-refractivity contribution >= 4 is 69.6 Å². The van der Waals surface area contributed by atoms with Crippen LogP contribution in [-0.4, -0.2) is 35.3 Å². The van der Waals surface area contributed by atoms with Gasteiger partial charge in [-0.2, -0.15) is 13.2 Å². The third-order valence-electron chi connectivity index (χ3n) is 6.78. The van der Waals surface area contributed by atoms with Gasteiger partial charge < -0.3 is 20.7 Å². The summed E-state index contributed by atoms with van der Waals surface area (Å²) in [6, 6.07) is 7.50. The quantitative estimate of drug-likeness (QED) is 0.169. The largest absolute Gasteiger partial charge is 0.419 e. The van der Waals surface area contributed by atoms with Crippen LogP contribution in [0.5, 0.6) is 0 Å². The van der Waals surface area contributed by atoms with Crippen molar-refractivity contribution in [1.82, 2.24) is 0 Å². The molecule has 0 aliphatic heterocycles. The smallest absolute Gasteiger partial charge is 0.372 e. The highest BCUT2D eigenvalue weighted by Crippen LogP contribution is 2.65. The Balaban J connectivity index is 1.52. The number of methoxy groups -OCH3 is 1. The highest BCUT2D eigenvalue weighted by Gasteiger charge is 2.67. The number of halogens is 9. The normalized spacial score (nSPS) is 17.9. The van der Waals surface area contributed by atoms with Crippen LogP contribution in [0.15, 0.2) is 48.5 Å². The molecule has 0 bridgehead atoms. The van der Waals surface area contributed by atoms with Gasteiger partial charge in [0, 0.05) is 18.7 Å². The van der Waals surface area contributed by atoms with Crippen LogP contribution in [0.2, 0.25) is 5.02 Å². The first-order valence-corrected chi connectivity index (χ1v) is 13.6. The Kier molecular flexibility index (Phi) is 9.46. The summed E-state index contributed by atoms with van der Waals surface area (Å²) in [6.07, 6.45) is -6.03. The summed E-state index contributed by atoms with van der Waals surface area (Å²) in [4.78, 5) is 38.0. The summed E-state index contributed by atoms with van der Waals surface area (Å²) in [5.41, 5.74) is -3.30. The molecular formula is C28H20Cl3F6N3O4. The van der Waals surface area contributed by atoms with Gasteiger partial charge in [0.2, 0.25) is 5.91 Å². The van der Waals surface area contributed by atoms with Crippen LogP contribution in [0.1, 0.15) is 34.3 Å². The predicted octanol–water partition coefficient (Wildman–Crippen LogP) is 7.53. The van der Waals surface area contributed by atoms with Crippen LogP contribution < -0.4 is 16.0 Å². The van der Waals surface area contributed by atoms with Gasteiger partial charge in [0.15, 0.2) is 5.82 Å². The maximum atomic E-state index is 15.0. The zero-order chi connectivity index (χ0) is 32.7. The van der Waals surface area contributed by atoms with E-state index in [9.17, 15) is 36.3 Å². The summed E-state index contributed by atoms with van der Waals surface area (Å²) < 4.78 is 85.6. The molecule has 0 saturated heterocycles. The third kappa shape index (κ3) is 6.75. The molecular weight excluding hydrogens is 663 g/mol. The van der Waals surface area contributed by atoms with E-state index in [2.05, 4.69) is 10.6 Å². The summed E-state index contributed by atoms with van der Waals surface area (Å²) in [6.45, 7) is 1.35. The number of benzene rings is 3. The van der Waals surface area contributed by atoms with Gasteiger partial charge in [-0.3, -0.25) is 14.4 Å². The fourth-order valence-corrected chi connectivity index (χ4v) is 5.33. The molecule has 4 rings (SSSR count). The standard InChI is InChI=1S/C28H20Cl3F6N3O4/c1-11(44-2)24(41)40-23-18(33)7-8-19(22(23)34)39-25(42)14-10-13(4-5-16(14)29)38-26(43)21-20(27(21,30)31)12-3-6-17(32)15(9-12)28(35,36)37/h3-11,20-21H,1-2H3,(H,38,43)(H,39,42)(H,40,41)/t11-,20?,21+/m0/s1. The van der Waals surface area contributed by atoms with Gasteiger partial charge in [-0.05, 0) is 55.0 Å². The molecule has 234 valence electrons. The van der Waals surface area contributed by atoms with Gasteiger partial charge >= 0.3 is 6.18 Å². The number of anilines is 3. The Bertz CT molecular complexity index is 1650. The Labute approximate surface area is 260 Å². The fourth-order valence-electron chi connectivity index (χ4n) is 4.30. The van der Waals surface area contributed by atoms with Crippen molar-refractivity contribution in [3.05, 3.63) is 87.7 Å². The van der Waals surface area contributed by atoms with Crippen molar-refractivity contribution in [2.24, 2.45) is 5.92 Å². The minimum atomic E-state index is -5.00. The maximum absolute atomic E-state index is 15.0. The minimum absolute atomic E-state index is 0.0181. The number of hydrogen-bond donors (Lipinski definition) is 3. The van der Waals surface area contributed by atoms with Gasteiger partial charge in [0.1, 0.15) is 27.8 Å². The van der Waals surface area contributed by atoms with Gasteiger partial charge in [0.05, 0.1) is 27.8 Å². The molecule has 1 aliphatic carbocycles. The van der Waals surface area contributed by atoms with Crippen LogP contribution in [0.25, 0.3) is 0 Å². The summed E-state index contributed by atoms with van der Waals surface area (Å²) >= 11 is 18.6. The molecule has 44 heavy (non-hydrogen) atoms. The van der Waals surface area contributed by atoms with Crippen molar-refractivity contribution in [2.75, 3.05) is 23.1 Å². The van der Waals surface area contributed by atoms with Crippen molar-refractivity contribution in [1.29, 1.82) is 0 Å². The van der Waals surface area contributed by atoms with Crippen molar-refractivity contribution in [2.45, 2.75) is 29.5 Å². The first-order chi connectivity index (χ1) is 20.5. The molecule has 7 nitrogen and oxygen atoms in total. The predicted molar refractivity (Wildman–Crippen MR) is 152 cm³/mol. The first kappa shape index (κ1) is 33.4. The van der Waals surface area contributed by atoms with Crippen LogP contribution >= 0.6 is 34.8 Å². The van der Waals surface area contributed by atoms with Gasteiger partial charge in [-0.1, -0.05) is 17.7 Å². The van der Waals surface area contributed by atoms with Crippen LogP contribution in [0.4, 0.5) is 43.4 Å². The lowest BCUT2D eigenvalue weighted by Crippen LogP contribution is -2.27. The second-order valence-corrected chi connectivity index (χ2v) is 11.5. The average molecular weight is 683 g/mol. The molecule has 1 aliphatic rings. The number of carbonyl (C=O) groups is 3. The Morgan fingerprint density at radius 3 is 2.23 bits per heavy atom. The van der Waals surface area contributed by atoms with Crippen molar-refractivity contribution in [3.63, 3.8) is 0 Å². The van der Waals surface area contributed by atoms with E-state index < -0.39 is 80.6 Å². The molecule has 3 atom stereocenters. The van der Waals surface area contributed by atoms with Gasteiger partial charge in [0.25, 0.3) is 11.8 Å². The van der Waals surface area contributed by atoms with Gasteiger partial charge in [-0.15, -0.1) is 23.2 Å². The molecule has 1 unspecified atom stereocenters. The van der Waals surface area contributed by atoms with Crippen molar-refractivity contribution in [3.8, 4) is 0 Å². The van der Waals surface area contributed by atoms with E-state index in [4.69, 9.17) is 39.5 Å². The highest BCUT2D eigenvalue weighted by atomic mass is 35.5. The Hall–Kier alpha value is -3.52. The summed E-state index contributed by atoms with van der Waals surface area (Å²) in [7, 11) is 1.22. The number of ether oxygens (including phenoxy) is 1. The van der Waals surface area contributed by atoms with Crippen LogP contribution in [-0.2, 0) is 20.5 Å². The monoisotopic (exact) mass is 681 g/mol. The van der Waals surface area contributed by atoms with E-state index in [0.717, 1.165) is 24.3 Å². The lowest BCUT2D eigenvalue weighted by atomic mass is 10.0. The zero-order valence-corrected chi connectivity index (χ0v) is 24.7. The Morgan fingerprint density at radius 2 is 1.59 bits per heavy atom. The number of alkyl halides is 5. The lowest BCUT2D eigenvalue weighted by Gasteiger charge is -2.15. The van der Waals surface area contributed by atoms with Crippen LogP contribution in [0, 0.1) is 23.4 Å². The topological polar surface area (TPSA) is 96.5 Å². The molecule has 0 radical (unpaired) electrons. The SMILES string of the molecule is CO[C@@H](C)C(=O)Nc1c(F)ccc(NC(=O)c2cc(NC(=O)[C@H]3C(c4ccc(F)c(C(F)(F)F)c4)C3(Cl)Cl)ccc2Cl)c1F. The van der Waals surface area contributed by atoms with E-state index in [1.807, 2.05) is 5.32 Å². The fraction of sp³-hybridized carbons (Fsp3) is 0.250. The number of rotatable bonds is 8. The molecule has 16 heteroatoms. The second-order valence-electron chi connectivity index (χ2n) is 9.66. The van der Waals surface area contributed by atoms with Crippen LogP contribution in [0.3, 0.4) is 0 Å². The molecule has 1 fully saturated rings. The highest BCUT2D eigenvalue weighted by molar-refractivity contribution is 6.53. The molecule has 0 heterocycles. The minimum Gasteiger partial charge on any atom is -0.372 e. The summed E-state index contributed by atoms with van der Waals surface area (Å²) in [5, 5.41) is 6.55. The molecule has 3 aromatic rings. The number of nitrogens with one attached hydrogen (secondary N) is 3. The molecule has 0 aromatic heterocycles. The summed E-state index contributed by atoms with van der Waals surface area (Å²) in [5.74, 6) is -8.98. The van der Waals surface area contributed by atoms with E-state index in [1.54, 1.807) is 0 Å². The maximum Gasteiger partial charge on any atom is 0.419 e. The van der Waals surface area contributed by atoms with E-state index in [0.29, 0.717) is 12.1 Å². The second kappa shape index (κ2) is 12.5. The molecule has 3 aromatic carbocycles. The van der Waals surface area contributed by atoms with E-state index in [1.165, 1.54) is 26.2 Å². The first-order valence-electron chi connectivity index (χ1n) is 12.4. The number of carbonyl (C=O) groups excluding carboxylic acids is 3. The molecule has 1 saturated carbocycles. The zero-order valence-electron chi connectivity index (χ0n) is 22.4. The molecule has 3 amide bonds. The number of hydrogen-bond acceptors (Lipinski definition) is 4. The Morgan fingerprint density at radius 1 is 0.932 bits per heavy atom. The molecule has 3 N–H and O–H groups in total. The van der Waals surface area contributed by atoms with E-state index >= 15 is 4.39 Å². The molecule has 0 spiro atoms. The van der Waals surface area contributed by atoms with E-state index in [-0.39, 0.29) is 21.8 Å².